The molecule has 92 valence electrons. The average Bonchev–Trinajstić information content (AvgIpc) is 2.08. The molecule has 0 fully saturated rings. The first kappa shape index (κ1) is 15.0. The average molecular weight is 224 g/mol. The maximum absolute atomic E-state index is 11.6. The van der Waals surface area contributed by atoms with E-state index >= 15 is 0 Å². The van der Waals surface area contributed by atoms with Gasteiger partial charge in [0.25, 0.3) is 0 Å². The number of carbonyl (C=O) groups excluding carboxylic acids is 1. The second-order valence-corrected chi connectivity index (χ2v) is 6.48. The van der Waals surface area contributed by atoms with E-state index in [1.165, 1.54) is 0 Å². The molecule has 0 unspecified atom stereocenters. The molecule has 0 saturated heterocycles. The Morgan fingerprint density at radius 2 is 1.75 bits per heavy atom. The minimum atomic E-state index is -0.457. The molecule has 0 heterocycles. The highest BCUT2D eigenvalue weighted by atomic mass is 16.5. The molecule has 0 N–H and O–H groups in total. The van der Waals surface area contributed by atoms with Crippen molar-refractivity contribution < 1.29 is 9.53 Å². The van der Waals surface area contributed by atoms with Crippen LogP contribution < -0.4 is 0 Å². The van der Waals surface area contributed by atoms with E-state index in [9.17, 15) is 4.79 Å². The summed E-state index contributed by atoms with van der Waals surface area (Å²) < 4.78 is 5.22. The van der Waals surface area contributed by atoms with Crippen LogP contribution >= 0.6 is 0 Å². The fraction of sp³-hybridized carbons (Fsp3) is 0.786. The van der Waals surface area contributed by atoms with E-state index in [-0.39, 0.29) is 17.3 Å². The molecule has 0 aromatic heterocycles. The van der Waals surface area contributed by atoms with E-state index in [2.05, 4.69) is 26.7 Å². The van der Waals surface area contributed by atoms with Crippen LogP contribution in [-0.4, -0.2) is 12.6 Å². The molecule has 0 radical (unpaired) electrons. The largest absolute Gasteiger partial charge is 0.464 e. The summed E-state index contributed by atoms with van der Waals surface area (Å²) in [6, 6.07) is 0. The molecule has 1 atom stereocenters. The second-order valence-electron chi connectivity index (χ2n) is 6.48. The normalized spacial score (nSPS) is 14.1. The third-order valence-corrected chi connectivity index (χ3v) is 2.12. The molecular formula is C14H24O2. The monoisotopic (exact) mass is 224 g/mol. The van der Waals surface area contributed by atoms with Crippen molar-refractivity contribution in [2.24, 2.45) is 16.7 Å². The van der Waals surface area contributed by atoms with Gasteiger partial charge in [-0.2, -0.15) is 0 Å². The van der Waals surface area contributed by atoms with Gasteiger partial charge in [0.1, 0.15) is 6.61 Å². The topological polar surface area (TPSA) is 26.3 Å². The zero-order chi connectivity index (χ0) is 13.0. The molecule has 0 aromatic carbocycles. The van der Waals surface area contributed by atoms with Gasteiger partial charge in [-0.3, -0.25) is 4.79 Å². The Balaban J connectivity index is 4.19. The minimum Gasteiger partial charge on any atom is -0.464 e. The van der Waals surface area contributed by atoms with E-state index in [1.54, 1.807) is 0 Å². The molecule has 16 heavy (non-hydrogen) atoms. The number of terminal acetylenes is 1. The van der Waals surface area contributed by atoms with Crippen LogP contribution in [0.5, 0.6) is 0 Å². The van der Waals surface area contributed by atoms with Gasteiger partial charge in [0.2, 0.25) is 0 Å². The SMILES string of the molecule is C#C[C@H](COC(=O)C(C)(C)C)CC(C)(C)C. The van der Waals surface area contributed by atoms with Gasteiger partial charge in [-0.05, 0) is 32.6 Å². The van der Waals surface area contributed by atoms with Gasteiger partial charge in [0, 0.05) is 0 Å². The molecule has 0 spiro atoms. The van der Waals surface area contributed by atoms with Gasteiger partial charge in [-0.25, -0.2) is 0 Å². The third kappa shape index (κ3) is 6.50. The van der Waals surface area contributed by atoms with Crippen molar-refractivity contribution in [2.75, 3.05) is 6.61 Å². The van der Waals surface area contributed by atoms with Gasteiger partial charge in [0.15, 0.2) is 0 Å². The predicted molar refractivity (Wildman–Crippen MR) is 66.8 cm³/mol. The number of rotatable bonds is 3. The third-order valence-electron chi connectivity index (χ3n) is 2.12. The standard InChI is InChI=1S/C14H24O2/c1-8-11(9-13(2,3)4)10-16-12(15)14(5,6)7/h1,11H,9-10H2,2-7H3/t11-/m0/s1. The smallest absolute Gasteiger partial charge is 0.311 e. The van der Waals surface area contributed by atoms with Crippen LogP contribution in [0.2, 0.25) is 0 Å². The van der Waals surface area contributed by atoms with Crippen molar-refractivity contribution in [3.8, 4) is 12.3 Å². The molecule has 0 aliphatic carbocycles. The Hall–Kier alpha value is -0.970. The Morgan fingerprint density at radius 1 is 1.25 bits per heavy atom. The lowest BCUT2D eigenvalue weighted by Gasteiger charge is -2.24. The number of hydrogen-bond acceptors (Lipinski definition) is 2. The summed E-state index contributed by atoms with van der Waals surface area (Å²) in [5.41, 5.74) is -0.300. The molecule has 0 rings (SSSR count). The Bertz CT molecular complexity index is 271. The van der Waals surface area contributed by atoms with Crippen LogP contribution in [0.4, 0.5) is 0 Å². The predicted octanol–water partition coefficient (Wildman–Crippen LogP) is 3.26. The van der Waals surface area contributed by atoms with Crippen LogP contribution in [0.25, 0.3) is 0 Å². The van der Waals surface area contributed by atoms with Crippen LogP contribution in [0.15, 0.2) is 0 Å². The van der Waals surface area contributed by atoms with Gasteiger partial charge in [-0.15, -0.1) is 6.42 Å². The molecule has 0 aliphatic rings. The summed E-state index contributed by atoms with van der Waals surface area (Å²) in [7, 11) is 0. The van der Waals surface area contributed by atoms with Gasteiger partial charge in [-0.1, -0.05) is 26.7 Å². The van der Waals surface area contributed by atoms with E-state index in [4.69, 9.17) is 11.2 Å². The van der Waals surface area contributed by atoms with Crippen molar-refractivity contribution in [3.05, 3.63) is 0 Å². The van der Waals surface area contributed by atoms with Crippen LogP contribution in [-0.2, 0) is 9.53 Å². The van der Waals surface area contributed by atoms with E-state index in [0.717, 1.165) is 6.42 Å². The van der Waals surface area contributed by atoms with Crippen LogP contribution in [0.3, 0.4) is 0 Å². The zero-order valence-corrected chi connectivity index (χ0v) is 11.4. The molecule has 0 amide bonds. The number of hydrogen-bond donors (Lipinski definition) is 0. The minimum absolute atomic E-state index is 0.00583. The van der Waals surface area contributed by atoms with Crippen molar-refractivity contribution >= 4 is 5.97 Å². The Kier molecular flexibility index (Phi) is 5.06. The quantitative estimate of drug-likeness (QED) is 0.543. The highest BCUT2D eigenvalue weighted by Crippen LogP contribution is 2.25. The summed E-state index contributed by atoms with van der Waals surface area (Å²) in [6.07, 6.45) is 6.30. The molecular weight excluding hydrogens is 200 g/mol. The Labute approximate surface area is 99.8 Å². The molecule has 0 bridgehead atoms. The Morgan fingerprint density at radius 3 is 2.06 bits per heavy atom. The lowest BCUT2D eigenvalue weighted by molar-refractivity contribution is -0.154. The maximum Gasteiger partial charge on any atom is 0.311 e. The number of carbonyl (C=O) groups is 1. The van der Waals surface area contributed by atoms with E-state index in [0.29, 0.717) is 6.61 Å². The van der Waals surface area contributed by atoms with Crippen molar-refractivity contribution in [1.82, 2.24) is 0 Å². The molecule has 0 saturated carbocycles. The summed E-state index contributed by atoms with van der Waals surface area (Å²) in [5, 5.41) is 0. The van der Waals surface area contributed by atoms with E-state index in [1.807, 2.05) is 20.8 Å². The summed E-state index contributed by atoms with van der Waals surface area (Å²) in [6.45, 7) is 12.2. The highest BCUT2D eigenvalue weighted by Gasteiger charge is 2.25. The maximum atomic E-state index is 11.6. The first-order valence-electron chi connectivity index (χ1n) is 5.69. The van der Waals surface area contributed by atoms with Crippen molar-refractivity contribution in [3.63, 3.8) is 0 Å². The lowest BCUT2D eigenvalue weighted by Crippen LogP contribution is -2.26. The fourth-order valence-corrected chi connectivity index (χ4v) is 1.30. The molecule has 0 aliphatic heterocycles. The van der Waals surface area contributed by atoms with Gasteiger partial charge in [0.05, 0.1) is 11.3 Å². The summed E-state index contributed by atoms with van der Waals surface area (Å²) in [4.78, 5) is 11.6. The highest BCUT2D eigenvalue weighted by molar-refractivity contribution is 5.75. The van der Waals surface area contributed by atoms with E-state index < -0.39 is 5.41 Å². The van der Waals surface area contributed by atoms with Crippen molar-refractivity contribution in [2.45, 2.75) is 48.0 Å². The molecule has 2 heteroatoms. The molecule has 2 nitrogen and oxygen atoms in total. The zero-order valence-electron chi connectivity index (χ0n) is 11.4. The van der Waals surface area contributed by atoms with Gasteiger partial charge < -0.3 is 4.74 Å². The first-order valence-corrected chi connectivity index (χ1v) is 5.69. The van der Waals surface area contributed by atoms with Crippen LogP contribution in [0.1, 0.15) is 48.0 Å². The number of esters is 1. The summed E-state index contributed by atoms with van der Waals surface area (Å²) in [5.74, 6) is 2.50. The number of ether oxygens (including phenoxy) is 1. The van der Waals surface area contributed by atoms with Crippen molar-refractivity contribution in [1.29, 1.82) is 0 Å². The summed E-state index contributed by atoms with van der Waals surface area (Å²) >= 11 is 0. The lowest BCUT2D eigenvalue weighted by atomic mass is 9.85. The fourth-order valence-electron chi connectivity index (χ4n) is 1.30. The first-order chi connectivity index (χ1) is 7.06. The second kappa shape index (κ2) is 5.39. The molecule has 0 aromatic rings. The van der Waals surface area contributed by atoms with Gasteiger partial charge >= 0.3 is 5.97 Å². The van der Waals surface area contributed by atoms with Crippen LogP contribution in [0, 0.1) is 29.1 Å².